The lowest BCUT2D eigenvalue weighted by atomic mass is 10.0. The molecular weight excluding hydrogens is 174 g/mol. The largest absolute Gasteiger partial charge is 0.354 e. The Balaban J connectivity index is 2.26. The minimum atomic E-state index is -0.122. The van der Waals surface area contributed by atoms with Crippen LogP contribution in [-0.4, -0.2) is 18.3 Å². The van der Waals surface area contributed by atoms with Crippen LogP contribution in [-0.2, 0) is 4.79 Å². The summed E-state index contributed by atoms with van der Waals surface area (Å²) in [5.41, 5.74) is 5.71. The average Bonchev–Trinajstić information content (AvgIpc) is 2.16. The van der Waals surface area contributed by atoms with Crippen molar-refractivity contribution < 1.29 is 4.79 Å². The van der Waals surface area contributed by atoms with E-state index in [9.17, 15) is 4.79 Å². The highest BCUT2D eigenvalue weighted by Gasteiger charge is 2.05. The molecule has 1 atom stereocenters. The van der Waals surface area contributed by atoms with E-state index in [1.165, 1.54) is 0 Å². The Bertz CT molecular complexity index is 260. The highest BCUT2D eigenvalue weighted by Crippen LogP contribution is 2.06. The molecule has 0 aliphatic heterocycles. The van der Waals surface area contributed by atoms with Crippen molar-refractivity contribution in [1.29, 1.82) is 0 Å². The van der Waals surface area contributed by atoms with Gasteiger partial charge in [-0.1, -0.05) is 11.5 Å². The summed E-state index contributed by atoms with van der Waals surface area (Å²) in [6.07, 6.45) is 4.74. The van der Waals surface area contributed by atoms with E-state index in [4.69, 9.17) is 11.6 Å². The average molecular weight is 184 g/mol. The third-order valence-corrected chi connectivity index (χ3v) is 1.85. The van der Waals surface area contributed by atoms with Crippen molar-refractivity contribution in [2.75, 3.05) is 12.4 Å². The number of amides is 1. The van der Waals surface area contributed by atoms with Crippen LogP contribution in [0.1, 0.15) is 6.42 Å². The van der Waals surface area contributed by atoms with Gasteiger partial charge in [-0.3, -0.25) is 4.79 Å². The predicted octanol–water partition coefficient (Wildman–Crippen LogP) is 1.23. The van der Waals surface area contributed by atoms with Crippen LogP contribution < -0.4 is 5.32 Å². The fourth-order valence-corrected chi connectivity index (χ4v) is 1.03. The Kier molecular flexibility index (Phi) is 3.69. The summed E-state index contributed by atoms with van der Waals surface area (Å²) in [7, 11) is 0. The van der Waals surface area contributed by atoms with E-state index in [0.29, 0.717) is 12.5 Å². The predicted molar refractivity (Wildman–Crippen MR) is 48.0 cm³/mol. The van der Waals surface area contributed by atoms with E-state index in [2.05, 4.69) is 16.8 Å². The van der Waals surface area contributed by atoms with Gasteiger partial charge in [-0.2, -0.15) is 0 Å². The zero-order valence-electron chi connectivity index (χ0n) is 6.64. The summed E-state index contributed by atoms with van der Waals surface area (Å²) in [6.45, 7) is 0.636. The Morgan fingerprint density at radius 2 is 2.50 bits per heavy atom. The molecular formula is C9H10ClNO. The highest BCUT2D eigenvalue weighted by atomic mass is 35.5. The molecule has 0 aromatic carbocycles. The Morgan fingerprint density at radius 3 is 3.08 bits per heavy atom. The summed E-state index contributed by atoms with van der Waals surface area (Å²) in [6, 6.07) is 0. The van der Waals surface area contributed by atoms with Gasteiger partial charge in [0.1, 0.15) is 5.88 Å². The number of carbonyl (C=O) groups is 1. The molecule has 0 saturated heterocycles. The standard InChI is InChI=1S/C9H10ClNO/c10-6-9(12)11-7-8-4-2-1-3-5-8/h2,5,8H,4,6-7H2,(H,11,12). The van der Waals surface area contributed by atoms with Gasteiger partial charge >= 0.3 is 0 Å². The van der Waals surface area contributed by atoms with Crippen LogP contribution in [0.4, 0.5) is 0 Å². The van der Waals surface area contributed by atoms with E-state index in [1.807, 2.05) is 12.2 Å². The highest BCUT2D eigenvalue weighted by molar-refractivity contribution is 6.27. The molecule has 1 N–H and O–H groups in total. The van der Waals surface area contributed by atoms with E-state index >= 15 is 0 Å². The second kappa shape index (κ2) is 4.84. The van der Waals surface area contributed by atoms with Gasteiger partial charge in [0.15, 0.2) is 0 Å². The second-order valence-corrected chi connectivity index (χ2v) is 2.86. The number of hydrogen-bond acceptors (Lipinski definition) is 1. The SMILES string of the molecule is O=C(CCl)NCC1C=C=C=CC1. The third-order valence-electron chi connectivity index (χ3n) is 1.61. The van der Waals surface area contributed by atoms with Crippen molar-refractivity contribution in [3.05, 3.63) is 23.6 Å². The second-order valence-electron chi connectivity index (χ2n) is 2.59. The minimum Gasteiger partial charge on any atom is -0.354 e. The summed E-state index contributed by atoms with van der Waals surface area (Å²) in [5.74, 6) is 0.254. The molecule has 2 nitrogen and oxygen atoms in total. The maximum absolute atomic E-state index is 10.8. The lowest BCUT2D eigenvalue weighted by Gasteiger charge is -2.10. The third kappa shape index (κ3) is 2.98. The van der Waals surface area contributed by atoms with Crippen molar-refractivity contribution in [2.24, 2.45) is 5.92 Å². The van der Waals surface area contributed by atoms with Crippen LogP contribution in [0.5, 0.6) is 0 Å². The molecule has 0 spiro atoms. The summed E-state index contributed by atoms with van der Waals surface area (Å²) in [4.78, 5) is 10.8. The maximum atomic E-state index is 10.8. The lowest BCUT2D eigenvalue weighted by Crippen LogP contribution is -2.29. The zero-order chi connectivity index (χ0) is 8.81. The monoisotopic (exact) mass is 183 g/mol. The summed E-state index contributed by atoms with van der Waals surface area (Å²) >= 11 is 5.31. The van der Waals surface area contributed by atoms with Crippen molar-refractivity contribution in [3.63, 3.8) is 0 Å². The molecule has 1 aliphatic carbocycles. The van der Waals surface area contributed by atoms with Crippen molar-refractivity contribution >= 4 is 17.5 Å². The van der Waals surface area contributed by atoms with Gasteiger partial charge in [0.25, 0.3) is 0 Å². The van der Waals surface area contributed by atoms with Crippen molar-refractivity contribution in [3.8, 4) is 0 Å². The molecule has 1 aliphatic rings. The van der Waals surface area contributed by atoms with Crippen molar-refractivity contribution in [2.45, 2.75) is 6.42 Å². The molecule has 0 radical (unpaired) electrons. The van der Waals surface area contributed by atoms with Crippen LogP contribution in [0.25, 0.3) is 0 Å². The quantitative estimate of drug-likeness (QED) is 0.518. The summed E-state index contributed by atoms with van der Waals surface area (Å²) < 4.78 is 0. The van der Waals surface area contributed by atoms with Gasteiger partial charge < -0.3 is 5.32 Å². The number of hydrogen-bond donors (Lipinski definition) is 1. The minimum absolute atomic E-state index is 0.0299. The van der Waals surface area contributed by atoms with Crippen molar-refractivity contribution in [1.82, 2.24) is 5.32 Å². The fourth-order valence-electron chi connectivity index (χ4n) is 0.938. The van der Waals surface area contributed by atoms with Gasteiger partial charge in [-0.15, -0.1) is 11.6 Å². The maximum Gasteiger partial charge on any atom is 0.234 e. The first-order valence-electron chi connectivity index (χ1n) is 3.81. The van der Waals surface area contributed by atoms with E-state index in [-0.39, 0.29) is 11.8 Å². The summed E-state index contributed by atoms with van der Waals surface area (Å²) in [5, 5.41) is 2.71. The molecule has 0 fully saturated rings. The number of carbonyl (C=O) groups excluding carboxylic acids is 1. The van der Waals surface area contributed by atoms with Crippen LogP contribution in [0.2, 0.25) is 0 Å². The molecule has 64 valence electrons. The molecule has 1 unspecified atom stereocenters. The first-order chi connectivity index (χ1) is 5.83. The Hall–Kier alpha value is -0.940. The molecule has 12 heavy (non-hydrogen) atoms. The molecule has 0 bridgehead atoms. The van der Waals surface area contributed by atoms with Crippen LogP contribution in [0.15, 0.2) is 23.6 Å². The smallest absolute Gasteiger partial charge is 0.234 e. The van der Waals surface area contributed by atoms with Crippen LogP contribution in [0, 0.1) is 5.92 Å². The first-order valence-corrected chi connectivity index (χ1v) is 4.35. The lowest BCUT2D eigenvalue weighted by molar-refractivity contribution is -0.118. The number of rotatable bonds is 3. The van der Waals surface area contributed by atoms with Gasteiger partial charge in [-0.05, 0) is 18.6 Å². The molecule has 0 aromatic rings. The number of halogens is 1. The van der Waals surface area contributed by atoms with Gasteiger partial charge in [0, 0.05) is 12.5 Å². The van der Waals surface area contributed by atoms with E-state index in [1.54, 1.807) is 0 Å². The zero-order valence-corrected chi connectivity index (χ0v) is 7.40. The molecule has 1 amide bonds. The Morgan fingerprint density at radius 1 is 1.67 bits per heavy atom. The first kappa shape index (κ1) is 9.15. The number of alkyl halides is 1. The molecule has 3 heteroatoms. The van der Waals surface area contributed by atoms with Gasteiger partial charge in [0.2, 0.25) is 5.91 Å². The van der Waals surface area contributed by atoms with Crippen LogP contribution in [0.3, 0.4) is 0 Å². The normalized spacial score (nSPS) is 19.6. The molecule has 0 aromatic heterocycles. The Labute approximate surface area is 76.6 Å². The molecule has 1 rings (SSSR count). The topological polar surface area (TPSA) is 29.1 Å². The molecule has 0 saturated carbocycles. The van der Waals surface area contributed by atoms with E-state index < -0.39 is 0 Å². The molecule has 0 heterocycles. The number of nitrogens with one attached hydrogen (secondary N) is 1. The van der Waals surface area contributed by atoms with Gasteiger partial charge in [-0.25, -0.2) is 0 Å². The van der Waals surface area contributed by atoms with E-state index in [0.717, 1.165) is 6.42 Å². The van der Waals surface area contributed by atoms with Crippen LogP contribution >= 0.6 is 11.6 Å². The number of allylic oxidation sites excluding steroid dienone is 1. The van der Waals surface area contributed by atoms with Gasteiger partial charge in [0.05, 0.1) is 0 Å². The fraction of sp³-hybridized carbons (Fsp3) is 0.444.